The summed E-state index contributed by atoms with van der Waals surface area (Å²) in [6, 6.07) is 0. The minimum absolute atomic E-state index is 0.0556. The fourth-order valence-electron chi connectivity index (χ4n) is 1.84. The lowest BCUT2D eigenvalue weighted by atomic mass is 10.2. The molecule has 1 aliphatic rings. The van der Waals surface area contributed by atoms with Crippen molar-refractivity contribution in [2.24, 2.45) is 0 Å². The van der Waals surface area contributed by atoms with Crippen LogP contribution in [0.1, 0.15) is 40.0 Å². The standard InChI is InChI=1S/C16H30O4Si/c1-16(2,3)21(4,5)20-14(13-17)9-7-6-8-10-15-18-11-12-19-15/h6-7,13-15H,8-12H2,1-5H3/b7-6-/t14-/m1/s1. The zero-order valence-electron chi connectivity index (χ0n) is 14.1. The highest BCUT2D eigenvalue weighted by atomic mass is 28.4. The molecule has 0 radical (unpaired) electrons. The topological polar surface area (TPSA) is 44.8 Å². The van der Waals surface area contributed by atoms with Crippen LogP contribution in [0.5, 0.6) is 0 Å². The Kier molecular flexibility index (Phi) is 7.26. The number of rotatable bonds is 8. The van der Waals surface area contributed by atoms with E-state index < -0.39 is 8.32 Å². The van der Waals surface area contributed by atoms with E-state index in [9.17, 15) is 4.79 Å². The van der Waals surface area contributed by atoms with Gasteiger partial charge in [0.15, 0.2) is 14.6 Å². The van der Waals surface area contributed by atoms with E-state index >= 15 is 0 Å². The van der Waals surface area contributed by atoms with Crippen LogP contribution < -0.4 is 0 Å². The van der Waals surface area contributed by atoms with Gasteiger partial charge < -0.3 is 18.7 Å². The fourth-order valence-corrected chi connectivity index (χ4v) is 3.10. The van der Waals surface area contributed by atoms with Crippen LogP contribution in [0.2, 0.25) is 18.1 Å². The molecule has 0 aromatic rings. The second-order valence-corrected chi connectivity index (χ2v) is 11.8. The van der Waals surface area contributed by atoms with Gasteiger partial charge in [-0.3, -0.25) is 0 Å². The van der Waals surface area contributed by atoms with Gasteiger partial charge >= 0.3 is 0 Å². The summed E-state index contributed by atoms with van der Waals surface area (Å²) in [5.74, 6) is 0. The van der Waals surface area contributed by atoms with Gasteiger partial charge in [0.2, 0.25) is 0 Å². The molecule has 0 N–H and O–H groups in total. The average molecular weight is 314 g/mol. The first-order chi connectivity index (χ1) is 9.76. The third-order valence-electron chi connectivity index (χ3n) is 4.20. The summed E-state index contributed by atoms with van der Waals surface area (Å²) in [5.41, 5.74) is 0. The zero-order valence-corrected chi connectivity index (χ0v) is 15.1. The average Bonchev–Trinajstić information content (AvgIpc) is 2.88. The molecule has 0 unspecified atom stereocenters. The summed E-state index contributed by atoms with van der Waals surface area (Å²) in [4.78, 5) is 11.2. The van der Waals surface area contributed by atoms with E-state index in [0.717, 1.165) is 19.1 Å². The predicted molar refractivity (Wildman–Crippen MR) is 86.8 cm³/mol. The van der Waals surface area contributed by atoms with E-state index in [4.69, 9.17) is 13.9 Å². The van der Waals surface area contributed by atoms with Crippen molar-refractivity contribution in [2.75, 3.05) is 13.2 Å². The van der Waals surface area contributed by atoms with Crippen molar-refractivity contribution < 1.29 is 18.7 Å². The molecule has 1 atom stereocenters. The van der Waals surface area contributed by atoms with E-state index in [1.54, 1.807) is 0 Å². The lowest BCUT2D eigenvalue weighted by Crippen LogP contribution is -2.44. The van der Waals surface area contributed by atoms with Crippen LogP contribution in [0, 0.1) is 0 Å². The molecule has 5 heteroatoms. The number of allylic oxidation sites excluding steroid dienone is 1. The normalized spacial score (nSPS) is 19.3. The summed E-state index contributed by atoms with van der Waals surface area (Å²) in [6.07, 6.45) is 7.05. The van der Waals surface area contributed by atoms with E-state index in [2.05, 4.69) is 39.9 Å². The third kappa shape index (κ3) is 6.42. The molecule has 1 fully saturated rings. The summed E-state index contributed by atoms with van der Waals surface area (Å²) < 4.78 is 16.8. The Bertz CT molecular complexity index is 341. The van der Waals surface area contributed by atoms with Crippen LogP contribution in [0.4, 0.5) is 0 Å². The van der Waals surface area contributed by atoms with Crippen molar-refractivity contribution in [2.45, 2.75) is 70.6 Å². The van der Waals surface area contributed by atoms with E-state index in [-0.39, 0.29) is 17.4 Å². The number of carbonyl (C=O) groups excluding carboxylic acids is 1. The molecule has 21 heavy (non-hydrogen) atoms. The first-order valence-corrected chi connectivity index (χ1v) is 10.7. The lowest BCUT2D eigenvalue weighted by Gasteiger charge is -2.37. The van der Waals surface area contributed by atoms with Crippen molar-refractivity contribution in [1.82, 2.24) is 0 Å². The minimum Gasteiger partial charge on any atom is -0.407 e. The Labute approximate surface area is 130 Å². The van der Waals surface area contributed by atoms with Gasteiger partial charge in [-0.2, -0.15) is 0 Å². The van der Waals surface area contributed by atoms with Gasteiger partial charge in [0.25, 0.3) is 0 Å². The van der Waals surface area contributed by atoms with Gasteiger partial charge in [0, 0.05) is 6.42 Å². The zero-order chi connectivity index (χ0) is 15.9. The molecule has 1 saturated heterocycles. The molecule has 122 valence electrons. The SMILES string of the molecule is CC(C)(C)[Si](C)(C)O[C@@H](C=O)C/C=C\CCC1OCCO1. The van der Waals surface area contributed by atoms with Crippen molar-refractivity contribution in [1.29, 1.82) is 0 Å². The van der Waals surface area contributed by atoms with Crippen molar-refractivity contribution in [3.63, 3.8) is 0 Å². The van der Waals surface area contributed by atoms with Gasteiger partial charge in [-0.05, 0) is 31.0 Å². The van der Waals surface area contributed by atoms with Crippen LogP contribution in [0.15, 0.2) is 12.2 Å². The predicted octanol–water partition coefficient (Wildman–Crippen LogP) is 3.68. The Balaban J connectivity index is 2.31. The number of aldehydes is 1. The van der Waals surface area contributed by atoms with Gasteiger partial charge in [-0.25, -0.2) is 0 Å². The van der Waals surface area contributed by atoms with E-state index in [0.29, 0.717) is 19.6 Å². The maximum Gasteiger partial charge on any atom is 0.193 e. The fraction of sp³-hybridized carbons (Fsp3) is 0.812. The van der Waals surface area contributed by atoms with Crippen LogP contribution in [-0.2, 0) is 18.7 Å². The Morgan fingerprint density at radius 3 is 2.38 bits per heavy atom. The molecule has 0 aliphatic carbocycles. The third-order valence-corrected chi connectivity index (χ3v) is 8.70. The molecule has 0 aromatic heterocycles. The van der Waals surface area contributed by atoms with Crippen LogP contribution in [-0.4, -0.2) is 40.2 Å². The highest BCUT2D eigenvalue weighted by molar-refractivity contribution is 6.74. The molecule has 1 heterocycles. The molecule has 0 aromatic carbocycles. The molecule has 4 nitrogen and oxygen atoms in total. The monoisotopic (exact) mass is 314 g/mol. The van der Waals surface area contributed by atoms with Crippen LogP contribution in [0.3, 0.4) is 0 Å². The molecular weight excluding hydrogens is 284 g/mol. The minimum atomic E-state index is -1.88. The van der Waals surface area contributed by atoms with Crippen LogP contribution in [0.25, 0.3) is 0 Å². The molecule has 0 bridgehead atoms. The second kappa shape index (κ2) is 8.22. The molecule has 1 rings (SSSR count). The smallest absolute Gasteiger partial charge is 0.193 e. The highest BCUT2D eigenvalue weighted by Gasteiger charge is 2.38. The Morgan fingerprint density at radius 2 is 1.86 bits per heavy atom. The maximum absolute atomic E-state index is 11.2. The van der Waals surface area contributed by atoms with Gasteiger partial charge in [0.05, 0.1) is 13.2 Å². The summed E-state index contributed by atoms with van der Waals surface area (Å²) >= 11 is 0. The lowest BCUT2D eigenvalue weighted by molar-refractivity contribution is -0.114. The second-order valence-electron chi connectivity index (χ2n) is 7.01. The molecule has 0 spiro atoms. The first kappa shape index (κ1) is 18.6. The number of hydrogen-bond acceptors (Lipinski definition) is 4. The molecule has 0 amide bonds. The van der Waals surface area contributed by atoms with Crippen molar-refractivity contribution >= 4 is 14.6 Å². The maximum atomic E-state index is 11.2. The summed E-state index contributed by atoms with van der Waals surface area (Å²) in [5, 5.41) is 0.120. The Morgan fingerprint density at radius 1 is 1.24 bits per heavy atom. The quantitative estimate of drug-likeness (QED) is 0.389. The molecule has 1 aliphatic heterocycles. The van der Waals surface area contributed by atoms with E-state index in [1.807, 2.05) is 6.08 Å². The number of ether oxygens (including phenoxy) is 2. The first-order valence-electron chi connectivity index (χ1n) is 7.77. The number of carbonyl (C=O) groups is 1. The molecule has 0 saturated carbocycles. The van der Waals surface area contributed by atoms with Gasteiger partial charge in [-0.15, -0.1) is 0 Å². The highest BCUT2D eigenvalue weighted by Crippen LogP contribution is 2.37. The van der Waals surface area contributed by atoms with Gasteiger partial charge in [0.1, 0.15) is 12.4 Å². The summed E-state index contributed by atoms with van der Waals surface area (Å²) in [6.45, 7) is 12.3. The molecular formula is C16H30O4Si. The van der Waals surface area contributed by atoms with Crippen molar-refractivity contribution in [3.05, 3.63) is 12.2 Å². The Hall–Kier alpha value is -0.493. The van der Waals surface area contributed by atoms with Crippen LogP contribution >= 0.6 is 0 Å². The van der Waals surface area contributed by atoms with Crippen molar-refractivity contribution in [3.8, 4) is 0 Å². The number of hydrogen-bond donors (Lipinski definition) is 0. The van der Waals surface area contributed by atoms with Gasteiger partial charge in [-0.1, -0.05) is 32.9 Å². The summed E-state index contributed by atoms with van der Waals surface area (Å²) in [7, 11) is -1.88. The largest absolute Gasteiger partial charge is 0.407 e. The van der Waals surface area contributed by atoms with E-state index in [1.165, 1.54) is 0 Å².